The molecule has 0 aromatic heterocycles. The van der Waals surface area contributed by atoms with Gasteiger partial charge in [0.15, 0.2) is 0 Å². The van der Waals surface area contributed by atoms with Crippen LogP contribution in [0, 0.1) is 0 Å². The van der Waals surface area contributed by atoms with Crippen LogP contribution in [0.2, 0.25) is 0 Å². The lowest BCUT2D eigenvalue weighted by atomic mass is 10.0. The molecule has 0 fully saturated rings. The van der Waals surface area contributed by atoms with Crippen LogP contribution < -0.4 is 5.32 Å². The van der Waals surface area contributed by atoms with E-state index in [-0.39, 0.29) is 18.9 Å². The van der Waals surface area contributed by atoms with E-state index in [9.17, 15) is 20.1 Å². The van der Waals surface area contributed by atoms with Crippen molar-refractivity contribution in [2.24, 2.45) is 0 Å². The lowest BCUT2D eigenvalue weighted by Crippen LogP contribution is -2.45. The Morgan fingerprint density at radius 3 is 1.22 bits per heavy atom. The van der Waals surface area contributed by atoms with E-state index in [1.807, 2.05) is 6.08 Å². The van der Waals surface area contributed by atoms with Gasteiger partial charge in [-0.3, -0.25) is 4.79 Å². The summed E-state index contributed by atoms with van der Waals surface area (Å²) in [7, 11) is 0. The summed E-state index contributed by atoms with van der Waals surface area (Å²) in [5.41, 5.74) is 0. The minimum atomic E-state index is -0.950. The molecular formula is C54H101NO4. The quantitative estimate of drug-likeness (QED) is 0.0363. The SMILES string of the molecule is CCCCC/C=C/CC/C=C/C(O)C(CO)NC(=O)CC(O)CCCCCCCCCCCCCCCCC/C=C\C/C=C\CCCCCCCCCCCCCCC. The second kappa shape index (κ2) is 49.0. The number of aliphatic hydroxyl groups is 3. The predicted molar refractivity (Wildman–Crippen MR) is 259 cm³/mol. The molecule has 5 nitrogen and oxygen atoms in total. The maximum Gasteiger partial charge on any atom is 0.222 e. The average molecular weight is 828 g/mol. The predicted octanol–water partition coefficient (Wildman–Crippen LogP) is 15.7. The van der Waals surface area contributed by atoms with Crippen molar-refractivity contribution in [1.29, 1.82) is 0 Å². The Balaban J connectivity index is 3.48. The molecule has 0 aromatic rings. The van der Waals surface area contributed by atoms with Gasteiger partial charge in [0, 0.05) is 0 Å². The molecule has 0 aliphatic heterocycles. The molecule has 0 radical (unpaired) electrons. The number of nitrogens with one attached hydrogen (secondary N) is 1. The van der Waals surface area contributed by atoms with Crippen LogP contribution in [0.4, 0.5) is 0 Å². The number of aliphatic hydroxyl groups excluding tert-OH is 3. The van der Waals surface area contributed by atoms with Crippen LogP contribution in [0.1, 0.15) is 264 Å². The van der Waals surface area contributed by atoms with Crippen LogP contribution in [0.15, 0.2) is 48.6 Å². The molecule has 0 heterocycles. The second-order valence-electron chi connectivity index (χ2n) is 17.8. The number of carbonyl (C=O) groups is 1. The van der Waals surface area contributed by atoms with E-state index in [1.165, 1.54) is 199 Å². The fraction of sp³-hybridized carbons (Fsp3) is 0.833. The molecule has 0 saturated carbocycles. The standard InChI is InChI=1S/C54H101NO4/c1-3-5-7-9-11-13-14-15-16-17-18-19-20-21-22-23-24-25-26-27-28-29-30-31-32-33-34-35-36-37-38-40-41-43-45-47-51(57)49-54(59)55-52(50-56)53(58)48-46-44-42-39-12-10-8-6-4-2/h12,22-23,25-26,39,46,48,51-53,56-58H,3-11,13-21,24,27-38,40-45,47,49-50H2,1-2H3,(H,55,59)/b23-22-,26-25-,39-12+,48-46+. The summed E-state index contributed by atoms with van der Waals surface area (Å²) < 4.78 is 0. The van der Waals surface area contributed by atoms with Gasteiger partial charge in [-0.2, -0.15) is 0 Å². The van der Waals surface area contributed by atoms with Crippen LogP contribution >= 0.6 is 0 Å². The highest BCUT2D eigenvalue weighted by Gasteiger charge is 2.20. The molecule has 5 heteroatoms. The molecule has 1 amide bonds. The van der Waals surface area contributed by atoms with Crippen LogP contribution in [-0.2, 0) is 4.79 Å². The Labute approximate surface area is 367 Å². The summed E-state index contributed by atoms with van der Waals surface area (Å²) in [6, 6.07) is -0.759. The normalized spacial score (nSPS) is 13.8. The van der Waals surface area contributed by atoms with Crippen molar-refractivity contribution in [3.8, 4) is 0 Å². The first kappa shape index (κ1) is 57.3. The van der Waals surface area contributed by atoms with E-state index < -0.39 is 18.2 Å². The molecule has 3 unspecified atom stereocenters. The summed E-state index contributed by atoms with van der Waals surface area (Å²) in [5.74, 6) is -0.328. The molecule has 0 aliphatic carbocycles. The van der Waals surface area contributed by atoms with Gasteiger partial charge in [-0.25, -0.2) is 0 Å². The zero-order chi connectivity index (χ0) is 43.0. The molecule has 4 N–H and O–H groups in total. The van der Waals surface area contributed by atoms with Gasteiger partial charge < -0.3 is 20.6 Å². The van der Waals surface area contributed by atoms with Gasteiger partial charge in [0.05, 0.1) is 31.3 Å². The fourth-order valence-electron chi connectivity index (χ4n) is 7.86. The minimum absolute atomic E-state index is 0.00516. The van der Waals surface area contributed by atoms with E-state index >= 15 is 0 Å². The molecule has 59 heavy (non-hydrogen) atoms. The molecular weight excluding hydrogens is 727 g/mol. The highest BCUT2D eigenvalue weighted by atomic mass is 16.3. The zero-order valence-corrected chi connectivity index (χ0v) is 39.4. The van der Waals surface area contributed by atoms with Crippen molar-refractivity contribution in [1.82, 2.24) is 5.32 Å². The molecule has 0 rings (SSSR count). The maximum absolute atomic E-state index is 12.4. The Bertz CT molecular complexity index is 958. The van der Waals surface area contributed by atoms with Crippen LogP contribution in [0.5, 0.6) is 0 Å². The summed E-state index contributed by atoms with van der Waals surface area (Å²) in [6.07, 6.45) is 64.6. The highest BCUT2D eigenvalue weighted by molar-refractivity contribution is 5.76. The van der Waals surface area contributed by atoms with Crippen molar-refractivity contribution in [3.05, 3.63) is 48.6 Å². The number of unbranched alkanes of at least 4 members (excludes halogenated alkanes) is 32. The zero-order valence-electron chi connectivity index (χ0n) is 39.4. The smallest absolute Gasteiger partial charge is 0.222 e. The van der Waals surface area contributed by atoms with Gasteiger partial charge in [-0.15, -0.1) is 0 Å². The number of hydrogen-bond donors (Lipinski definition) is 4. The van der Waals surface area contributed by atoms with Gasteiger partial charge in [-0.1, -0.05) is 242 Å². The van der Waals surface area contributed by atoms with Gasteiger partial charge in [-0.05, 0) is 64.2 Å². The topological polar surface area (TPSA) is 89.8 Å². The first-order chi connectivity index (χ1) is 29.0. The molecule has 0 spiro atoms. The van der Waals surface area contributed by atoms with Gasteiger partial charge in [0.1, 0.15) is 0 Å². The first-order valence-corrected chi connectivity index (χ1v) is 25.9. The third-order valence-electron chi connectivity index (χ3n) is 11.8. The van der Waals surface area contributed by atoms with Crippen LogP contribution in [0.25, 0.3) is 0 Å². The van der Waals surface area contributed by atoms with E-state index in [2.05, 4.69) is 55.6 Å². The second-order valence-corrected chi connectivity index (χ2v) is 17.8. The third kappa shape index (κ3) is 45.7. The number of amides is 1. The van der Waals surface area contributed by atoms with Gasteiger partial charge >= 0.3 is 0 Å². The number of allylic oxidation sites excluding steroid dienone is 7. The van der Waals surface area contributed by atoms with E-state index in [1.54, 1.807) is 6.08 Å². The Morgan fingerprint density at radius 2 is 0.780 bits per heavy atom. The van der Waals surface area contributed by atoms with E-state index in [0.29, 0.717) is 6.42 Å². The number of hydrogen-bond acceptors (Lipinski definition) is 4. The van der Waals surface area contributed by atoms with Crippen molar-refractivity contribution in [3.63, 3.8) is 0 Å². The summed E-state index contributed by atoms with van der Waals surface area (Å²) in [5, 5.41) is 33.1. The van der Waals surface area contributed by atoms with E-state index in [4.69, 9.17) is 0 Å². The van der Waals surface area contributed by atoms with Crippen molar-refractivity contribution in [2.75, 3.05) is 6.61 Å². The van der Waals surface area contributed by atoms with E-state index in [0.717, 1.165) is 38.5 Å². The Morgan fingerprint density at radius 1 is 0.441 bits per heavy atom. The van der Waals surface area contributed by atoms with Crippen molar-refractivity contribution < 1.29 is 20.1 Å². The fourth-order valence-corrected chi connectivity index (χ4v) is 7.86. The maximum atomic E-state index is 12.4. The molecule has 0 aromatic carbocycles. The summed E-state index contributed by atoms with van der Waals surface area (Å²) in [6.45, 7) is 4.15. The van der Waals surface area contributed by atoms with Crippen LogP contribution in [-0.4, -0.2) is 46.1 Å². The van der Waals surface area contributed by atoms with Crippen molar-refractivity contribution in [2.45, 2.75) is 283 Å². The molecule has 0 aliphatic rings. The van der Waals surface area contributed by atoms with Crippen molar-refractivity contribution >= 4 is 5.91 Å². The van der Waals surface area contributed by atoms with Gasteiger partial charge in [0.25, 0.3) is 0 Å². The lowest BCUT2D eigenvalue weighted by Gasteiger charge is -2.21. The Kier molecular flexibility index (Phi) is 47.6. The first-order valence-electron chi connectivity index (χ1n) is 25.9. The largest absolute Gasteiger partial charge is 0.394 e. The molecule has 0 saturated heterocycles. The molecule has 0 bridgehead atoms. The highest BCUT2D eigenvalue weighted by Crippen LogP contribution is 2.16. The molecule has 3 atom stereocenters. The molecule has 346 valence electrons. The lowest BCUT2D eigenvalue weighted by molar-refractivity contribution is -0.124. The number of carbonyl (C=O) groups excluding carboxylic acids is 1. The monoisotopic (exact) mass is 828 g/mol. The number of rotatable bonds is 47. The summed E-state index contributed by atoms with van der Waals surface area (Å²) >= 11 is 0. The average Bonchev–Trinajstić information content (AvgIpc) is 3.23. The van der Waals surface area contributed by atoms with Gasteiger partial charge in [0.2, 0.25) is 5.91 Å². The Hall–Kier alpha value is -1.69. The summed E-state index contributed by atoms with van der Waals surface area (Å²) in [4.78, 5) is 12.4. The minimum Gasteiger partial charge on any atom is -0.394 e. The van der Waals surface area contributed by atoms with Crippen LogP contribution in [0.3, 0.4) is 0 Å². The third-order valence-corrected chi connectivity index (χ3v) is 11.8.